The first-order valence-electron chi connectivity index (χ1n) is 8.81. The topological polar surface area (TPSA) is 0 Å². The van der Waals surface area contributed by atoms with Crippen LogP contribution in [0, 0.1) is 6.92 Å². The minimum Gasteiger partial charge on any atom is -0.0622 e. The molecule has 122 valence electrons. The second-order valence-electron chi connectivity index (χ2n) is 7.02. The van der Waals surface area contributed by atoms with Gasteiger partial charge in [0.15, 0.2) is 0 Å². The molecule has 1 unspecified atom stereocenters. The van der Waals surface area contributed by atoms with E-state index in [1.165, 1.54) is 22.3 Å². The summed E-state index contributed by atoms with van der Waals surface area (Å²) in [6, 6.07) is 30.6. The minimum absolute atomic E-state index is 0.141. The van der Waals surface area contributed by atoms with E-state index in [4.69, 9.17) is 0 Å². The van der Waals surface area contributed by atoms with E-state index in [9.17, 15) is 0 Å². The minimum atomic E-state index is 0.141. The van der Waals surface area contributed by atoms with Crippen molar-refractivity contribution in [1.29, 1.82) is 0 Å². The lowest BCUT2D eigenvalue weighted by molar-refractivity contribution is 0.428. The van der Waals surface area contributed by atoms with Gasteiger partial charge in [0.1, 0.15) is 0 Å². The molecule has 0 nitrogen and oxygen atoms in total. The van der Waals surface area contributed by atoms with Crippen molar-refractivity contribution in [1.82, 2.24) is 0 Å². The molecule has 0 saturated heterocycles. The number of aryl methyl sites for hydroxylation is 2. The van der Waals surface area contributed by atoms with Gasteiger partial charge in [-0.2, -0.15) is 0 Å². The maximum absolute atomic E-state index is 2.42. The van der Waals surface area contributed by atoms with E-state index in [0.717, 1.165) is 19.3 Å². The second-order valence-corrected chi connectivity index (χ2v) is 7.02. The van der Waals surface area contributed by atoms with Gasteiger partial charge in [-0.25, -0.2) is 0 Å². The van der Waals surface area contributed by atoms with Crippen LogP contribution in [0.4, 0.5) is 0 Å². The molecular weight excluding hydrogens is 288 g/mol. The van der Waals surface area contributed by atoms with Crippen molar-refractivity contribution in [2.75, 3.05) is 0 Å². The summed E-state index contributed by atoms with van der Waals surface area (Å²) in [7, 11) is 0. The molecule has 3 rings (SSSR count). The molecule has 24 heavy (non-hydrogen) atoms. The fourth-order valence-electron chi connectivity index (χ4n) is 3.68. The summed E-state index contributed by atoms with van der Waals surface area (Å²) in [6.45, 7) is 4.66. The van der Waals surface area contributed by atoms with E-state index >= 15 is 0 Å². The third-order valence-electron chi connectivity index (χ3n) is 5.04. The molecule has 0 aliphatic carbocycles. The van der Waals surface area contributed by atoms with E-state index in [2.05, 4.69) is 98.8 Å². The SMILES string of the molecule is Cc1ccccc1C(C)(CCc1ccccc1)Cc1ccccc1. The van der Waals surface area contributed by atoms with Crippen LogP contribution >= 0.6 is 0 Å². The molecule has 0 radical (unpaired) electrons. The summed E-state index contributed by atoms with van der Waals surface area (Å²) in [4.78, 5) is 0. The van der Waals surface area contributed by atoms with Crippen LogP contribution in [0.25, 0.3) is 0 Å². The van der Waals surface area contributed by atoms with E-state index in [-0.39, 0.29) is 5.41 Å². The molecule has 0 heterocycles. The molecule has 0 amide bonds. The van der Waals surface area contributed by atoms with E-state index < -0.39 is 0 Å². The van der Waals surface area contributed by atoms with Gasteiger partial charge in [-0.15, -0.1) is 0 Å². The number of hydrogen-bond acceptors (Lipinski definition) is 0. The highest BCUT2D eigenvalue weighted by Gasteiger charge is 2.28. The molecule has 0 aliphatic heterocycles. The molecule has 0 heteroatoms. The smallest absolute Gasteiger partial charge is 0.00292 e. The van der Waals surface area contributed by atoms with Crippen LogP contribution in [-0.4, -0.2) is 0 Å². The van der Waals surface area contributed by atoms with E-state index in [0.29, 0.717) is 0 Å². The zero-order valence-electron chi connectivity index (χ0n) is 14.7. The molecule has 0 aromatic heterocycles. The van der Waals surface area contributed by atoms with Gasteiger partial charge in [0.05, 0.1) is 0 Å². The third kappa shape index (κ3) is 3.94. The van der Waals surface area contributed by atoms with Crippen molar-refractivity contribution in [3.63, 3.8) is 0 Å². The Morgan fingerprint density at radius 3 is 1.83 bits per heavy atom. The van der Waals surface area contributed by atoms with Crippen LogP contribution in [0.3, 0.4) is 0 Å². The van der Waals surface area contributed by atoms with Crippen molar-refractivity contribution in [3.8, 4) is 0 Å². The lowest BCUT2D eigenvalue weighted by Gasteiger charge is -2.32. The lowest BCUT2D eigenvalue weighted by atomic mass is 9.72. The van der Waals surface area contributed by atoms with Gasteiger partial charge in [-0.1, -0.05) is 91.9 Å². The molecule has 0 saturated carbocycles. The Bertz CT molecular complexity index is 758. The maximum Gasteiger partial charge on any atom is -0.00292 e. The Kier molecular flexibility index (Phi) is 5.15. The van der Waals surface area contributed by atoms with Crippen LogP contribution < -0.4 is 0 Å². The van der Waals surface area contributed by atoms with Crippen LogP contribution in [0.1, 0.15) is 35.6 Å². The number of benzene rings is 3. The first kappa shape index (κ1) is 16.5. The Labute approximate surface area is 146 Å². The van der Waals surface area contributed by atoms with Crippen LogP contribution in [0.15, 0.2) is 84.9 Å². The van der Waals surface area contributed by atoms with Gasteiger partial charge in [-0.3, -0.25) is 0 Å². The second kappa shape index (κ2) is 7.49. The summed E-state index contributed by atoms with van der Waals surface area (Å²) < 4.78 is 0. The van der Waals surface area contributed by atoms with E-state index in [1.54, 1.807) is 0 Å². The molecule has 0 spiro atoms. The average Bonchev–Trinajstić information content (AvgIpc) is 2.62. The summed E-state index contributed by atoms with van der Waals surface area (Å²) in [5.74, 6) is 0. The van der Waals surface area contributed by atoms with Crippen LogP contribution in [-0.2, 0) is 18.3 Å². The molecule has 0 fully saturated rings. The predicted octanol–water partition coefficient (Wildman–Crippen LogP) is 6.13. The highest BCUT2D eigenvalue weighted by molar-refractivity contribution is 5.35. The lowest BCUT2D eigenvalue weighted by Crippen LogP contribution is -2.27. The normalized spacial score (nSPS) is 13.4. The third-order valence-corrected chi connectivity index (χ3v) is 5.04. The van der Waals surface area contributed by atoms with Crippen molar-refractivity contribution in [3.05, 3.63) is 107 Å². The number of rotatable bonds is 6. The quantitative estimate of drug-likeness (QED) is 0.513. The fraction of sp³-hybridized carbons (Fsp3) is 0.250. The first-order chi connectivity index (χ1) is 11.7. The molecule has 0 bridgehead atoms. The van der Waals surface area contributed by atoms with Gasteiger partial charge >= 0.3 is 0 Å². The highest BCUT2D eigenvalue weighted by atomic mass is 14.3. The molecular formula is C24H26. The van der Waals surface area contributed by atoms with Crippen molar-refractivity contribution in [2.24, 2.45) is 0 Å². The standard InChI is InChI=1S/C24H26/c1-20-11-9-10-16-23(20)24(2,19-22-14-7-4-8-15-22)18-17-21-12-5-3-6-13-21/h3-16H,17-19H2,1-2H3. The average molecular weight is 314 g/mol. The largest absolute Gasteiger partial charge is 0.0622 e. The van der Waals surface area contributed by atoms with Crippen molar-refractivity contribution in [2.45, 2.75) is 38.5 Å². The summed E-state index contributed by atoms with van der Waals surface area (Å²) in [5, 5.41) is 0. The Balaban J connectivity index is 1.89. The summed E-state index contributed by atoms with van der Waals surface area (Å²) in [5.41, 5.74) is 5.85. The summed E-state index contributed by atoms with van der Waals surface area (Å²) >= 11 is 0. The molecule has 3 aromatic carbocycles. The highest BCUT2D eigenvalue weighted by Crippen LogP contribution is 2.35. The molecule has 0 aliphatic rings. The van der Waals surface area contributed by atoms with Crippen LogP contribution in [0.2, 0.25) is 0 Å². The van der Waals surface area contributed by atoms with Gasteiger partial charge in [-0.05, 0) is 53.9 Å². The van der Waals surface area contributed by atoms with Crippen molar-refractivity contribution < 1.29 is 0 Å². The van der Waals surface area contributed by atoms with Crippen molar-refractivity contribution >= 4 is 0 Å². The molecule has 3 aromatic rings. The zero-order valence-corrected chi connectivity index (χ0v) is 14.7. The fourth-order valence-corrected chi connectivity index (χ4v) is 3.68. The predicted molar refractivity (Wildman–Crippen MR) is 103 cm³/mol. The van der Waals surface area contributed by atoms with Gasteiger partial charge in [0, 0.05) is 0 Å². The van der Waals surface area contributed by atoms with Gasteiger partial charge in [0.25, 0.3) is 0 Å². The van der Waals surface area contributed by atoms with Gasteiger partial charge in [0.2, 0.25) is 0 Å². The monoisotopic (exact) mass is 314 g/mol. The van der Waals surface area contributed by atoms with E-state index in [1.807, 2.05) is 0 Å². The first-order valence-corrected chi connectivity index (χ1v) is 8.81. The Hall–Kier alpha value is -2.34. The molecule has 1 atom stereocenters. The van der Waals surface area contributed by atoms with Gasteiger partial charge < -0.3 is 0 Å². The maximum atomic E-state index is 2.42. The van der Waals surface area contributed by atoms with Crippen LogP contribution in [0.5, 0.6) is 0 Å². The Morgan fingerprint density at radius 2 is 1.21 bits per heavy atom. The molecule has 0 N–H and O–H groups in total. The number of hydrogen-bond donors (Lipinski definition) is 0. The summed E-state index contributed by atoms with van der Waals surface area (Å²) in [6.07, 6.45) is 3.33. The zero-order chi connectivity index (χ0) is 16.8. The Morgan fingerprint density at radius 1 is 0.667 bits per heavy atom.